The van der Waals surface area contributed by atoms with Crippen molar-refractivity contribution in [2.24, 2.45) is 0 Å². The van der Waals surface area contributed by atoms with Crippen LogP contribution in [0.3, 0.4) is 0 Å². The summed E-state index contributed by atoms with van der Waals surface area (Å²) in [5.41, 5.74) is 0. The van der Waals surface area contributed by atoms with Crippen LogP contribution in [0.4, 0.5) is 26.3 Å². The molecule has 0 aliphatic rings. The lowest BCUT2D eigenvalue weighted by Crippen LogP contribution is -2.32. The second-order valence-corrected chi connectivity index (χ2v) is 12.7. The molecular formula is C21H19F6NO4P2S. The van der Waals surface area contributed by atoms with Crippen LogP contribution in [0.1, 0.15) is 10.7 Å². The molecule has 190 valence electrons. The fourth-order valence-corrected chi connectivity index (χ4v) is 9.05. The third kappa shape index (κ3) is 7.52. The van der Waals surface area contributed by atoms with E-state index in [-0.39, 0.29) is 15.5 Å². The first-order valence-electron chi connectivity index (χ1n) is 9.87. The first kappa shape index (κ1) is 27.6. The Hall–Kier alpha value is -1.94. The molecule has 3 aromatic rings. The number of hydrogen-bond acceptors (Lipinski definition) is 5. The minimum Gasteiger partial charge on any atom is -0.298 e. The van der Waals surface area contributed by atoms with Crippen molar-refractivity contribution in [1.82, 2.24) is 5.09 Å². The first-order chi connectivity index (χ1) is 16.3. The van der Waals surface area contributed by atoms with Crippen LogP contribution in [0.15, 0.2) is 78.2 Å². The Morgan fingerprint density at radius 3 is 1.57 bits per heavy atom. The van der Waals surface area contributed by atoms with E-state index in [0.717, 1.165) is 11.3 Å². The predicted molar refractivity (Wildman–Crippen MR) is 122 cm³/mol. The van der Waals surface area contributed by atoms with Gasteiger partial charge in [-0.1, -0.05) is 42.5 Å². The second kappa shape index (κ2) is 11.0. The van der Waals surface area contributed by atoms with E-state index in [9.17, 15) is 35.5 Å². The molecule has 0 bridgehead atoms. The number of alkyl halides is 6. The van der Waals surface area contributed by atoms with Crippen LogP contribution in [0.25, 0.3) is 0 Å². The van der Waals surface area contributed by atoms with Crippen LogP contribution in [0.5, 0.6) is 0 Å². The lowest BCUT2D eigenvalue weighted by atomic mass is 10.4. The highest BCUT2D eigenvalue weighted by atomic mass is 32.1. The molecule has 0 aliphatic heterocycles. The molecule has 0 saturated heterocycles. The molecule has 1 aromatic heterocycles. The average molecular weight is 557 g/mol. The summed E-state index contributed by atoms with van der Waals surface area (Å²) in [6, 6.07) is 18.2. The van der Waals surface area contributed by atoms with Gasteiger partial charge in [-0.05, 0) is 35.7 Å². The summed E-state index contributed by atoms with van der Waals surface area (Å²) in [6.07, 6.45) is -10.0. The summed E-state index contributed by atoms with van der Waals surface area (Å²) < 4.78 is 115. The van der Waals surface area contributed by atoms with Crippen LogP contribution in [-0.2, 0) is 18.2 Å². The van der Waals surface area contributed by atoms with Crippen molar-refractivity contribution in [3.05, 3.63) is 83.1 Å². The molecule has 0 unspecified atom stereocenters. The van der Waals surface area contributed by atoms with Gasteiger partial charge < -0.3 is 0 Å². The van der Waals surface area contributed by atoms with Gasteiger partial charge in [0, 0.05) is 15.5 Å². The molecule has 0 saturated carbocycles. The van der Waals surface area contributed by atoms with Crippen LogP contribution >= 0.6 is 26.2 Å². The van der Waals surface area contributed by atoms with Crippen molar-refractivity contribution in [3.63, 3.8) is 0 Å². The highest BCUT2D eigenvalue weighted by molar-refractivity contribution is 7.77. The van der Waals surface area contributed by atoms with Crippen molar-refractivity contribution < 1.29 is 44.5 Å². The summed E-state index contributed by atoms with van der Waals surface area (Å²) in [5, 5.41) is 4.44. The van der Waals surface area contributed by atoms with Gasteiger partial charge >= 0.3 is 19.9 Å². The molecule has 2 aromatic carbocycles. The molecule has 0 amide bonds. The Labute approximate surface area is 201 Å². The van der Waals surface area contributed by atoms with E-state index in [0.29, 0.717) is 0 Å². The zero-order chi connectivity index (χ0) is 25.7. The normalized spacial score (nSPS) is 14.1. The Balaban J connectivity index is 2.13. The smallest absolute Gasteiger partial charge is 0.298 e. The van der Waals surface area contributed by atoms with E-state index in [1.807, 2.05) is 0 Å². The van der Waals surface area contributed by atoms with Gasteiger partial charge in [0.2, 0.25) is 7.29 Å². The lowest BCUT2D eigenvalue weighted by molar-refractivity contribution is -0.165. The van der Waals surface area contributed by atoms with Gasteiger partial charge in [-0.15, -0.1) is 11.3 Å². The second-order valence-electron chi connectivity index (χ2n) is 7.14. The lowest BCUT2D eigenvalue weighted by Gasteiger charge is -2.31. The van der Waals surface area contributed by atoms with E-state index in [1.165, 1.54) is 41.8 Å². The minimum atomic E-state index is -5.26. The molecular weight excluding hydrogens is 538 g/mol. The van der Waals surface area contributed by atoms with Crippen molar-refractivity contribution in [2.45, 2.75) is 18.1 Å². The molecule has 5 nitrogen and oxygen atoms in total. The Morgan fingerprint density at radius 2 is 1.20 bits per heavy atom. The summed E-state index contributed by atoms with van der Waals surface area (Å²) in [7, 11) is -9.25. The molecule has 35 heavy (non-hydrogen) atoms. The summed E-state index contributed by atoms with van der Waals surface area (Å²) in [4.78, 5) is 0.0183. The van der Waals surface area contributed by atoms with E-state index in [4.69, 9.17) is 0 Å². The largest absolute Gasteiger partial charge is 0.412 e. The molecule has 1 heterocycles. The van der Waals surface area contributed by atoms with Crippen LogP contribution in [0.2, 0.25) is 0 Å². The van der Waals surface area contributed by atoms with Crippen molar-refractivity contribution in [3.8, 4) is 0 Å². The van der Waals surface area contributed by atoms with Gasteiger partial charge in [0.05, 0.1) is 0 Å². The Kier molecular flexibility index (Phi) is 8.68. The number of hydrogen-bond donors (Lipinski definition) is 1. The Morgan fingerprint density at radius 1 is 0.743 bits per heavy atom. The van der Waals surface area contributed by atoms with E-state index < -0.39 is 46.2 Å². The minimum absolute atomic E-state index is 0.0183. The van der Waals surface area contributed by atoms with Gasteiger partial charge in [-0.2, -0.15) is 26.3 Å². The molecule has 3 rings (SSSR count). The van der Waals surface area contributed by atoms with Crippen LogP contribution in [0, 0.1) is 0 Å². The van der Waals surface area contributed by atoms with Crippen molar-refractivity contribution in [2.75, 3.05) is 13.2 Å². The zero-order valence-electron chi connectivity index (χ0n) is 17.7. The highest BCUT2D eigenvalue weighted by Crippen LogP contribution is 2.64. The third-order valence-corrected chi connectivity index (χ3v) is 10.5. The monoisotopic (exact) mass is 557 g/mol. The molecule has 0 aliphatic carbocycles. The van der Waals surface area contributed by atoms with Crippen LogP contribution in [-0.4, -0.2) is 25.6 Å². The quantitative estimate of drug-likeness (QED) is 0.224. The van der Waals surface area contributed by atoms with Crippen molar-refractivity contribution in [1.29, 1.82) is 0 Å². The van der Waals surface area contributed by atoms with Crippen LogP contribution < -0.4 is 15.7 Å². The average Bonchev–Trinajstić information content (AvgIpc) is 3.35. The number of rotatable bonds is 10. The van der Waals surface area contributed by atoms with Gasteiger partial charge in [0.15, 0.2) is 19.0 Å². The summed E-state index contributed by atoms with van der Waals surface area (Å²) in [5.74, 6) is -1.90. The SMILES string of the molecule is O=P(N[C@@H](c1cccs1)P(=O)(OCC(F)(F)F)OCC(F)(F)F)(c1ccccc1)c1ccccc1. The van der Waals surface area contributed by atoms with E-state index >= 15 is 0 Å². The number of nitrogens with one attached hydrogen (secondary N) is 1. The summed E-state index contributed by atoms with van der Waals surface area (Å²) >= 11 is 0.877. The predicted octanol–water partition coefficient (Wildman–Crippen LogP) is 6.62. The molecule has 1 atom stereocenters. The molecule has 1 N–H and O–H groups in total. The summed E-state index contributed by atoms with van der Waals surface area (Å²) in [6.45, 7) is -4.26. The first-order valence-corrected chi connectivity index (χ1v) is 14.1. The molecule has 0 radical (unpaired) electrons. The maximum atomic E-state index is 14.4. The fraction of sp³-hybridized carbons (Fsp3) is 0.238. The zero-order valence-corrected chi connectivity index (χ0v) is 20.3. The number of halogens is 6. The molecule has 0 fully saturated rings. The van der Waals surface area contributed by atoms with Gasteiger partial charge in [0.25, 0.3) is 0 Å². The Bertz CT molecular complexity index is 1110. The topological polar surface area (TPSA) is 64.6 Å². The molecule has 0 spiro atoms. The maximum absolute atomic E-state index is 14.4. The maximum Gasteiger partial charge on any atom is 0.412 e. The van der Waals surface area contributed by atoms with Crippen molar-refractivity contribution >= 4 is 36.8 Å². The third-order valence-electron chi connectivity index (χ3n) is 4.49. The molecule has 14 heteroatoms. The van der Waals surface area contributed by atoms with E-state index in [2.05, 4.69) is 14.1 Å². The standard InChI is InChI=1S/C21H19F6NO4P2S/c22-20(23,24)14-31-34(30,32-15-21(25,26)27)19(18-12-7-13-35-18)28-33(29,16-8-3-1-4-9-16)17-10-5-2-6-11-17/h1-13,19H,14-15H2,(H,28,29)/t19-/m1/s1. The highest BCUT2D eigenvalue weighted by Gasteiger charge is 2.47. The van der Waals surface area contributed by atoms with Gasteiger partial charge in [-0.3, -0.25) is 18.2 Å². The fourth-order valence-electron chi connectivity index (χ4n) is 3.00. The van der Waals surface area contributed by atoms with E-state index in [1.54, 1.807) is 36.4 Å². The number of benzene rings is 2. The van der Waals surface area contributed by atoms with Gasteiger partial charge in [0.1, 0.15) is 0 Å². The van der Waals surface area contributed by atoms with Gasteiger partial charge in [-0.25, -0.2) is 5.09 Å². The number of thiophene rings is 1.